The van der Waals surface area contributed by atoms with Gasteiger partial charge in [0.05, 0.1) is 12.0 Å². The molecule has 0 heterocycles. The van der Waals surface area contributed by atoms with Crippen LogP contribution in [0, 0.1) is 10.1 Å². The Hall–Kier alpha value is -2.67. The molecule has 1 amide bonds. The molecule has 0 radical (unpaired) electrons. The van der Waals surface area contributed by atoms with Crippen LogP contribution in [-0.4, -0.2) is 17.9 Å². The highest BCUT2D eigenvalue weighted by atomic mass is 79.9. The molecule has 0 saturated carbocycles. The molecule has 0 saturated heterocycles. The zero-order valence-electron chi connectivity index (χ0n) is 12.2. The number of anilines is 1. The second-order valence-corrected chi connectivity index (χ2v) is 5.40. The number of methoxy groups -OCH3 is 1. The summed E-state index contributed by atoms with van der Waals surface area (Å²) in [4.78, 5) is 22.3. The SMILES string of the molecule is COc1ccc(Br)cc1/C=C/C(=O)Nc1ccccc1[N+](=O)[O-]. The van der Waals surface area contributed by atoms with E-state index in [1.807, 2.05) is 6.07 Å². The van der Waals surface area contributed by atoms with E-state index in [-0.39, 0.29) is 11.4 Å². The zero-order valence-corrected chi connectivity index (χ0v) is 13.7. The maximum Gasteiger partial charge on any atom is 0.292 e. The van der Waals surface area contributed by atoms with Crippen molar-refractivity contribution in [1.82, 2.24) is 0 Å². The monoisotopic (exact) mass is 376 g/mol. The molecular formula is C16H13BrN2O4. The first-order valence-corrected chi connectivity index (χ1v) is 7.36. The van der Waals surface area contributed by atoms with E-state index < -0.39 is 10.8 Å². The highest BCUT2D eigenvalue weighted by molar-refractivity contribution is 9.10. The zero-order chi connectivity index (χ0) is 16.8. The van der Waals surface area contributed by atoms with Crippen molar-refractivity contribution in [2.75, 3.05) is 12.4 Å². The molecule has 0 aromatic heterocycles. The Morgan fingerprint density at radius 2 is 2.04 bits per heavy atom. The number of nitrogens with one attached hydrogen (secondary N) is 1. The van der Waals surface area contributed by atoms with Crippen molar-refractivity contribution in [2.45, 2.75) is 0 Å². The number of nitro groups is 1. The lowest BCUT2D eigenvalue weighted by Gasteiger charge is -2.05. The smallest absolute Gasteiger partial charge is 0.292 e. The Bertz CT molecular complexity index is 774. The number of nitro benzene ring substituents is 1. The minimum absolute atomic E-state index is 0.147. The molecule has 0 aliphatic rings. The van der Waals surface area contributed by atoms with Gasteiger partial charge < -0.3 is 10.1 Å². The number of halogens is 1. The van der Waals surface area contributed by atoms with Gasteiger partial charge in [0.2, 0.25) is 5.91 Å². The number of para-hydroxylation sites is 2. The van der Waals surface area contributed by atoms with Crippen LogP contribution >= 0.6 is 15.9 Å². The third-order valence-corrected chi connectivity index (χ3v) is 3.46. The van der Waals surface area contributed by atoms with Crippen molar-refractivity contribution in [3.8, 4) is 5.75 Å². The van der Waals surface area contributed by atoms with Gasteiger partial charge in [-0.2, -0.15) is 0 Å². The summed E-state index contributed by atoms with van der Waals surface area (Å²) in [5.41, 5.74) is 0.697. The van der Waals surface area contributed by atoms with E-state index >= 15 is 0 Å². The van der Waals surface area contributed by atoms with Gasteiger partial charge in [0.25, 0.3) is 5.69 Å². The third kappa shape index (κ3) is 4.40. The molecule has 2 aromatic rings. The first-order valence-electron chi connectivity index (χ1n) is 6.57. The van der Waals surface area contributed by atoms with Gasteiger partial charge in [-0.15, -0.1) is 0 Å². The van der Waals surface area contributed by atoms with E-state index in [0.29, 0.717) is 11.3 Å². The standard InChI is InChI=1S/C16H13BrN2O4/c1-23-15-8-7-12(17)10-11(15)6-9-16(20)18-13-4-2-3-5-14(13)19(21)22/h2-10H,1H3,(H,18,20)/b9-6+. The second-order valence-electron chi connectivity index (χ2n) is 4.48. The van der Waals surface area contributed by atoms with Crippen LogP contribution in [0.5, 0.6) is 5.75 Å². The molecule has 0 fully saturated rings. The van der Waals surface area contributed by atoms with Crippen molar-refractivity contribution in [3.63, 3.8) is 0 Å². The van der Waals surface area contributed by atoms with Crippen LogP contribution in [-0.2, 0) is 4.79 Å². The fourth-order valence-corrected chi connectivity index (χ4v) is 2.29. The van der Waals surface area contributed by atoms with Gasteiger partial charge in [0.15, 0.2) is 0 Å². The number of nitrogens with zero attached hydrogens (tertiary/aromatic N) is 1. The number of rotatable bonds is 5. The maximum atomic E-state index is 12.0. The quantitative estimate of drug-likeness (QED) is 0.485. The number of amides is 1. The summed E-state index contributed by atoms with van der Waals surface area (Å²) in [6.45, 7) is 0. The predicted octanol–water partition coefficient (Wildman–Crippen LogP) is 4.02. The summed E-state index contributed by atoms with van der Waals surface area (Å²) in [7, 11) is 1.54. The summed E-state index contributed by atoms with van der Waals surface area (Å²) in [5.74, 6) is 0.143. The second kappa shape index (κ2) is 7.55. The van der Waals surface area contributed by atoms with E-state index in [1.165, 1.54) is 31.4 Å². The summed E-state index contributed by atoms with van der Waals surface area (Å²) in [5, 5.41) is 13.4. The van der Waals surface area contributed by atoms with Crippen molar-refractivity contribution in [2.24, 2.45) is 0 Å². The third-order valence-electron chi connectivity index (χ3n) is 2.96. The molecule has 0 aliphatic heterocycles. The van der Waals surface area contributed by atoms with Gasteiger partial charge in [-0.25, -0.2) is 0 Å². The first kappa shape index (κ1) is 16.7. The normalized spacial score (nSPS) is 10.5. The molecule has 7 heteroatoms. The number of ether oxygens (including phenoxy) is 1. The van der Waals surface area contributed by atoms with Crippen molar-refractivity contribution < 1.29 is 14.5 Å². The first-order chi connectivity index (χ1) is 11.0. The molecule has 1 N–H and O–H groups in total. The number of benzene rings is 2. The van der Waals surface area contributed by atoms with Crippen molar-refractivity contribution >= 4 is 39.3 Å². The Morgan fingerprint density at radius 3 is 2.74 bits per heavy atom. The predicted molar refractivity (Wildman–Crippen MR) is 91.5 cm³/mol. The van der Waals surface area contributed by atoms with Crippen LogP contribution in [0.1, 0.15) is 5.56 Å². The van der Waals surface area contributed by atoms with Crippen molar-refractivity contribution in [3.05, 3.63) is 68.7 Å². The van der Waals surface area contributed by atoms with Gasteiger partial charge in [-0.3, -0.25) is 14.9 Å². The van der Waals surface area contributed by atoms with Crippen LogP contribution in [0.2, 0.25) is 0 Å². The van der Waals surface area contributed by atoms with Crippen LogP contribution < -0.4 is 10.1 Å². The number of hydrogen-bond donors (Lipinski definition) is 1. The summed E-state index contributed by atoms with van der Waals surface area (Å²) in [6.07, 6.45) is 2.87. The summed E-state index contributed by atoms with van der Waals surface area (Å²) >= 11 is 3.35. The Morgan fingerprint density at radius 1 is 1.30 bits per heavy atom. The highest BCUT2D eigenvalue weighted by Crippen LogP contribution is 2.25. The summed E-state index contributed by atoms with van der Waals surface area (Å²) in [6, 6.07) is 11.3. The maximum absolute atomic E-state index is 12.0. The molecule has 118 valence electrons. The molecule has 0 unspecified atom stereocenters. The number of hydrogen-bond acceptors (Lipinski definition) is 4. The minimum Gasteiger partial charge on any atom is -0.496 e. The van der Waals surface area contributed by atoms with Gasteiger partial charge in [0, 0.05) is 22.2 Å². The largest absolute Gasteiger partial charge is 0.496 e. The Labute approximate surface area is 141 Å². The van der Waals surface area contributed by atoms with Gasteiger partial charge in [-0.1, -0.05) is 28.1 Å². The molecule has 0 atom stereocenters. The van der Waals surface area contributed by atoms with E-state index in [2.05, 4.69) is 21.2 Å². The van der Waals surface area contributed by atoms with Crippen LogP contribution in [0.15, 0.2) is 53.0 Å². The minimum atomic E-state index is -0.545. The van der Waals surface area contributed by atoms with Gasteiger partial charge in [-0.05, 0) is 30.3 Å². The molecule has 2 rings (SSSR count). The Kier molecular flexibility index (Phi) is 5.48. The average molecular weight is 377 g/mol. The van der Waals surface area contributed by atoms with E-state index in [9.17, 15) is 14.9 Å². The molecule has 6 nitrogen and oxygen atoms in total. The lowest BCUT2D eigenvalue weighted by Crippen LogP contribution is -2.09. The molecule has 0 spiro atoms. The fraction of sp³-hybridized carbons (Fsp3) is 0.0625. The van der Waals surface area contributed by atoms with Crippen LogP contribution in [0.25, 0.3) is 6.08 Å². The van der Waals surface area contributed by atoms with Gasteiger partial charge in [0.1, 0.15) is 11.4 Å². The Balaban J connectivity index is 2.17. The molecule has 23 heavy (non-hydrogen) atoms. The average Bonchev–Trinajstić information content (AvgIpc) is 2.53. The lowest BCUT2D eigenvalue weighted by molar-refractivity contribution is -0.383. The highest BCUT2D eigenvalue weighted by Gasteiger charge is 2.13. The van der Waals surface area contributed by atoms with E-state index in [0.717, 1.165) is 4.47 Å². The van der Waals surface area contributed by atoms with Crippen molar-refractivity contribution in [1.29, 1.82) is 0 Å². The van der Waals surface area contributed by atoms with Crippen LogP contribution in [0.4, 0.5) is 11.4 Å². The van der Waals surface area contributed by atoms with Gasteiger partial charge >= 0.3 is 0 Å². The molecule has 0 aliphatic carbocycles. The number of carbonyl (C=O) groups is 1. The van der Waals surface area contributed by atoms with Crippen LogP contribution in [0.3, 0.4) is 0 Å². The fourth-order valence-electron chi connectivity index (χ4n) is 1.91. The summed E-state index contributed by atoms with van der Waals surface area (Å²) < 4.78 is 6.05. The molecular weight excluding hydrogens is 364 g/mol. The molecule has 2 aromatic carbocycles. The number of carbonyl (C=O) groups excluding carboxylic acids is 1. The lowest BCUT2D eigenvalue weighted by atomic mass is 10.2. The molecule has 0 bridgehead atoms. The van der Waals surface area contributed by atoms with E-state index in [1.54, 1.807) is 24.3 Å². The topological polar surface area (TPSA) is 81.5 Å². The van der Waals surface area contributed by atoms with E-state index in [4.69, 9.17) is 4.74 Å².